The molecule has 2 aromatic rings. The number of nitrogens with two attached hydrogens (primary N) is 1. The molecule has 206 valence electrons. The molecule has 0 saturated carbocycles. The molecule has 21 heteroatoms. The van der Waals surface area contributed by atoms with Crippen LogP contribution in [0.25, 0.3) is 11.2 Å². The minimum Gasteiger partial charge on any atom is -0.409 e. The third-order valence-electron chi connectivity index (χ3n) is 5.30. The Labute approximate surface area is 208 Å². The number of imidazole rings is 1. The maximum Gasteiger partial charge on any atom is 0.536 e. The highest BCUT2D eigenvalue weighted by molar-refractivity contribution is 7.66. The largest absolute Gasteiger partial charge is 0.536 e. The Kier molecular flexibility index (Phi) is 8.22. The van der Waals surface area contributed by atoms with Crippen LogP contribution < -0.4 is 5.73 Å². The summed E-state index contributed by atoms with van der Waals surface area (Å²) < 4.78 is 60.5. The van der Waals surface area contributed by atoms with Crippen LogP contribution >= 0.6 is 23.5 Å². The summed E-state index contributed by atoms with van der Waals surface area (Å²) >= 11 is 0. The number of rotatable bonds is 10. The quantitative estimate of drug-likeness (QED) is 0.210. The average molecular weight is 587 g/mol. The number of hydrogen-bond acceptors (Lipinski definition) is 14. The molecule has 1 fully saturated rings. The standard InChI is InChI=1S/C16H24N5O13P3/c17-14-11-15(19-7-18-14)21(8-20-11)16-13(23)12(22)10(31-16)6-30-35(24,25)33-37(28,29)34-36(26,27)32-9-4-2-1-3-5-9/h4,7-8,10,12-13,16,22-23H,1-3,5-6H2,(H,24,25)(H,26,27)(H,28,29)(H2,17,18,19)/t10-,12-,13-,16-/m1/s1. The van der Waals surface area contributed by atoms with Gasteiger partial charge in [-0.05, 0) is 25.3 Å². The third kappa shape index (κ3) is 6.81. The van der Waals surface area contributed by atoms with Crippen LogP contribution in [0.5, 0.6) is 0 Å². The predicted octanol–water partition coefficient (Wildman–Crippen LogP) is 0.853. The molecular formula is C16H24N5O13P3. The van der Waals surface area contributed by atoms with Gasteiger partial charge in [0.05, 0.1) is 12.9 Å². The number of allylic oxidation sites excluding steroid dienone is 2. The SMILES string of the molecule is Nc1ncnc2c1ncn2[C@@H]1O[C@H](COP(=O)(O)OP(=O)(O)OP(=O)(O)OC2=CCCCC2)[C@@H](O)[C@H]1O. The number of aliphatic hydroxyl groups is 2. The van der Waals surface area contributed by atoms with Crippen LogP contribution in [-0.2, 0) is 36.1 Å². The molecule has 3 heterocycles. The molecule has 0 amide bonds. The molecule has 4 rings (SSSR count). The Morgan fingerprint density at radius 2 is 1.76 bits per heavy atom. The van der Waals surface area contributed by atoms with Crippen molar-refractivity contribution in [3.05, 3.63) is 24.5 Å². The fourth-order valence-electron chi connectivity index (χ4n) is 3.68. The molecule has 0 spiro atoms. The van der Waals surface area contributed by atoms with E-state index in [-0.39, 0.29) is 29.2 Å². The Morgan fingerprint density at radius 3 is 2.46 bits per heavy atom. The van der Waals surface area contributed by atoms with Crippen LogP contribution in [0.1, 0.15) is 31.9 Å². The van der Waals surface area contributed by atoms with Crippen molar-refractivity contribution in [2.24, 2.45) is 0 Å². The van der Waals surface area contributed by atoms with E-state index in [1.54, 1.807) is 0 Å². The van der Waals surface area contributed by atoms with Crippen molar-refractivity contribution >= 4 is 40.4 Å². The number of phosphoric acid groups is 3. The number of hydrogen-bond donors (Lipinski definition) is 6. The molecule has 18 nitrogen and oxygen atoms in total. The van der Waals surface area contributed by atoms with Gasteiger partial charge in [0.2, 0.25) is 0 Å². The molecule has 0 aromatic carbocycles. The highest BCUT2D eigenvalue weighted by Gasteiger charge is 2.47. The lowest BCUT2D eigenvalue weighted by molar-refractivity contribution is -0.0503. The lowest BCUT2D eigenvalue weighted by Crippen LogP contribution is -2.33. The van der Waals surface area contributed by atoms with Crippen LogP contribution in [-0.4, -0.2) is 69.3 Å². The molecule has 7 atom stereocenters. The van der Waals surface area contributed by atoms with E-state index in [9.17, 15) is 38.6 Å². The fraction of sp³-hybridized carbons (Fsp3) is 0.562. The summed E-state index contributed by atoms with van der Waals surface area (Å²) in [5.41, 5.74) is 6.08. The van der Waals surface area contributed by atoms with E-state index in [4.69, 9.17) is 15.0 Å². The average Bonchev–Trinajstić information content (AvgIpc) is 3.33. The van der Waals surface area contributed by atoms with Crippen molar-refractivity contribution in [1.82, 2.24) is 19.5 Å². The van der Waals surface area contributed by atoms with Gasteiger partial charge in [-0.15, -0.1) is 0 Å². The maximum absolute atomic E-state index is 12.2. The summed E-state index contributed by atoms with van der Waals surface area (Å²) in [6.45, 7) is -0.924. The van der Waals surface area contributed by atoms with Crippen LogP contribution in [0, 0.1) is 0 Å². The van der Waals surface area contributed by atoms with Gasteiger partial charge in [0.1, 0.15) is 35.9 Å². The molecule has 1 aliphatic carbocycles. The van der Waals surface area contributed by atoms with Crippen LogP contribution in [0.2, 0.25) is 0 Å². The van der Waals surface area contributed by atoms with E-state index < -0.39 is 54.6 Å². The van der Waals surface area contributed by atoms with Crippen molar-refractivity contribution in [3.8, 4) is 0 Å². The number of phosphoric ester groups is 2. The Bertz CT molecular complexity index is 1320. The Balaban J connectivity index is 1.36. The van der Waals surface area contributed by atoms with Crippen LogP contribution in [0.4, 0.5) is 5.82 Å². The van der Waals surface area contributed by atoms with Gasteiger partial charge < -0.3 is 35.0 Å². The van der Waals surface area contributed by atoms with Gasteiger partial charge in [0.15, 0.2) is 17.7 Å². The van der Waals surface area contributed by atoms with Gasteiger partial charge in [-0.1, -0.05) is 0 Å². The van der Waals surface area contributed by atoms with Gasteiger partial charge in [-0.25, -0.2) is 28.6 Å². The minimum atomic E-state index is -5.67. The minimum absolute atomic E-state index is 0.0546. The van der Waals surface area contributed by atoms with Gasteiger partial charge >= 0.3 is 23.5 Å². The molecule has 3 unspecified atom stereocenters. The number of aliphatic hydroxyl groups excluding tert-OH is 2. The molecule has 1 saturated heterocycles. The monoisotopic (exact) mass is 587 g/mol. The van der Waals surface area contributed by atoms with Crippen LogP contribution in [0.3, 0.4) is 0 Å². The van der Waals surface area contributed by atoms with Crippen molar-refractivity contribution < 1.29 is 61.0 Å². The van der Waals surface area contributed by atoms with Gasteiger partial charge in [0, 0.05) is 6.42 Å². The first-order chi connectivity index (χ1) is 17.3. The second kappa shape index (κ2) is 10.8. The highest BCUT2D eigenvalue weighted by atomic mass is 31.3. The zero-order valence-electron chi connectivity index (χ0n) is 18.8. The summed E-state index contributed by atoms with van der Waals surface area (Å²) in [5.74, 6) is 0.111. The normalized spacial score (nSPS) is 29.3. The van der Waals surface area contributed by atoms with Gasteiger partial charge in [-0.3, -0.25) is 14.0 Å². The molecule has 2 aromatic heterocycles. The first-order valence-electron chi connectivity index (χ1n) is 10.7. The maximum atomic E-state index is 12.2. The van der Waals surface area contributed by atoms with Crippen molar-refractivity contribution in [1.29, 1.82) is 0 Å². The highest BCUT2D eigenvalue weighted by Crippen LogP contribution is 2.68. The molecular weight excluding hydrogens is 563 g/mol. The summed E-state index contributed by atoms with van der Waals surface area (Å²) in [4.78, 5) is 41.0. The zero-order valence-corrected chi connectivity index (χ0v) is 21.5. The first kappa shape index (κ1) is 28.2. The molecule has 37 heavy (non-hydrogen) atoms. The summed E-state index contributed by atoms with van der Waals surface area (Å²) in [5, 5.41) is 20.7. The predicted molar refractivity (Wildman–Crippen MR) is 121 cm³/mol. The number of fused-ring (bicyclic) bond motifs is 1. The van der Waals surface area contributed by atoms with Gasteiger partial charge in [-0.2, -0.15) is 8.62 Å². The second-order valence-electron chi connectivity index (χ2n) is 8.00. The number of ether oxygens (including phenoxy) is 1. The Morgan fingerprint density at radius 1 is 1.03 bits per heavy atom. The number of aromatic nitrogens is 4. The van der Waals surface area contributed by atoms with Crippen molar-refractivity contribution in [2.45, 2.75) is 50.2 Å². The molecule has 7 N–H and O–H groups in total. The van der Waals surface area contributed by atoms with E-state index >= 15 is 0 Å². The topological polar surface area (TPSA) is 268 Å². The summed E-state index contributed by atoms with van der Waals surface area (Å²) in [7, 11) is -16.3. The van der Waals surface area contributed by atoms with Crippen molar-refractivity contribution in [3.63, 3.8) is 0 Å². The lowest BCUT2D eigenvalue weighted by Gasteiger charge is -2.21. The molecule has 1 aliphatic heterocycles. The van der Waals surface area contributed by atoms with Crippen molar-refractivity contribution in [2.75, 3.05) is 12.3 Å². The van der Waals surface area contributed by atoms with Gasteiger partial charge in [0.25, 0.3) is 0 Å². The van der Waals surface area contributed by atoms with E-state index in [0.29, 0.717) is 12.8 Å². The second-order valence-corrected chi connectivity index (χ2v) is 12.6. The van der Waals surface area contributed by atoms with E-state index in [1.807, 2.05) is 0 Å². The number of nitrogen functional groups attached to an aromatic ring is 1. The summed E-state index contributed by atoms with van der Waals surface area (Å²) in [6, 6.07) is 0. The summed E-state index contributed by atoms with van der Waals surface area (Å²) in [6.07, 6.45) is 0.242. The Hall–Kier alpha value is -1.78. The first-order valence-corrected chi connectivity index (χ1v) is 15.1. The fourth-order valence-corrected chi connectivity index (χ4v) is 7.27. The molecule has 2 aliphatic rings. The van der Waals surface area contributed by atoms with E-state index in [0.717, 1.165) is 12.7 Å². The van der Waals surface area contributed by atoms with E-state index in [1.165, 1.54) is 17.0 Å². The van der Waals surface area contributed by atoms with E-state index in [2.05, 4.69) is 28.1 Å². The number of nitrogens with zero attached hydrogens (tertiary/aromatic N) is 4. The molecule has 0 radical (unpaired) electrons. The molecule has 0 bridgehead atoms. The zero-order chi connectivity index (χ0) is 27.0. The number of anilines is 1. The lowest BCUT2D eigenvalue weighted by atomic mass is 10.1. The smallest absolute Gasteiger partial charge is 0.409 e. The third-order valence-corrected chi connectivity index (χ3v) is 9.54. The van der Waals surface area contributed by atoms with Crippen LogP contribution in [0.15, 0.2) is 24.5 Å².